The molecule has 2 aromatic heterocycles. The Morgan fingerprint density at radius 3 is 2.66 bits per heavy atom. The van der Waals surface area contributed by atoms with Crippen molar-refractivity contribution in [2.24, 2.45) is 0 Å². The molecule has 1 saturated heterocycles. The first-order valence-electron chi connectivity index (χ1n) is 11.8. The van der Waals surface area contributed by atoms with Gasteiger partial charge in [-0.1, -0.05) is 0 Å². The minimum absolute atomic E-state index is 0.0458. The van der Waals surface area contributed by atoms with Gasteiger partial charge < -0.3 is 14.4 Å². The second-order valence-electron chi connectivity index (χ2n) is 9.05. The van der Waals surface area contributed by atoms with Crippen LogP contribution in [0, 0.1) is 17.0 Å². The van der Waals surface area contributed by atoms with Crippen molar-refractivity contribution in [1.29, 1.82) is 0 Å². The Labute approximate surface area is 202 Å². The molecule has 0 radical (unpaired) electrons. The zero-order valence-corrected chi connectivity index (χ0v) is 19.4. The SMILES string of the molecule is Cc1ccc2c3c(ccc2n1)OC[C@H](CN1CCN(c2ccc4cc([N+](=O)[O-])ccc4n2)CC1)O3. The number of fused-ring (bicyclic) bond motifs is 4. The van der Waals surface area contributed by atoms with Gasteiger partial charge in [0, 0.05) is 61.3 Å². The first-order valence-corrected chi connectivity index (χ1v) is 11.8. The van der Waals surface area contributed by atoms with Crippen molar-refractivity contribution in [2.75, 3.05) is 44.2 Å². The number of aromatic nitrogens is 2. The molecular formula is C26H25N5O4. The Morgan fingerprint density at radius 1 is 1.00 bits per heavy atom. The number of ether oxygens (including phenoxy) is 2. The molecule has 9 heteroatoms. The largest absolute Gasteiger partial charge is 0.486 e. The molecule has 0 N–H and O–H groups in total. The standard InChI is InChI=1S/C26H25N5O4/c1-17-2-5-21-23(27-17)7-8-24-26(21)35-20(16-34-24)15-29-10-12-30(13-11-29)25-9-3-18-14-19(31(32)33)4-6-22(18)28-25/h2-9,14,20H,10-13,15-16H2,1H3/t20-/m0/s1. The summed E-state index contributed by atoms with van der Waals surface area (Å²) >= 11 is 0. The Kier molecular flexibility index (Phi) is 5.33. The number of rotatable bonds is 4. The number of benzene rings is 2. The van der Waals surface area contributed by atoms with Gasteiger partial charge in [0.2, 0.25) is 0 Å². The van der Waals surface area contributed by atoms with E-state index < -0.39 is 0 Å². The smallest absolute Gasteiger partial charge is 0.270 e. The summed E-state index contributed by atoms with van der Waals surface area (Å²) in [6.07, 6.45) is -0.0458. The number of aryl methyl sites for hydroxylation is 1. The van der Waals surface area contributed by atoms with E-state index in [1.165, 1.54) is 6.07 Å². The van der Waals surface area contributed by atoms with Crippen LogP contribution in [0.25, 0.3) is 21.8 Å². The molecule has 4 aromatic rings. The average Bonchev–Trinajstić information content (AvgIpc) is 2.88. The number of non-ortho nitro benzene ring substituents is 1. The van der Waals surface area contributed by atoms with Crippen LogP contribution in [0.15, 0.2) is 54.6 Å². The molecule has 0 aliphatic carbocycles. The summed E-state index contributed by atoms with van der Waals surface area (Å²) in [7, 11) is 0. The molecule has 0 unspecified atom stereocenters. The van der Waals surface area contributed by atoms with E-state index in [1.54, 1.807) is 12.1 Å². The molecule has 2 aromatic carbocycles. The van der Waals surface area contributed by atoms with Gasteiger partial charge in [-0.2, -0.15) is 0 Å². The molecule has 178 valence electrons. The van der Waals surface area contributed by atoms with Crippen molar-refractivity contribution >= 4 is 33.3 Å². The second-order valence-corrected chi connectivity index (χ2v) is 9.05. The van der Waals surface area contributed by atoms with E-state index >= 15 is 0 Å². The van der Waals surface area contributed by atoms with Crippen LogP contribution in [0.2, 0.25) is 0 Å². The third-order valence-electron chi connectivity index (χ3n) is 6.66. The highest BCUT2D eigenvalue weighted by Crippen LogP contribution is 2.38. The van der Waals surface area contributed by atoms with Gasteiger partial charge in [0.15, 0.2) is 11.5 Å². The molecule has 2 aliphatic heterocycles. The summed E-state index contributed by atoms with van der Waals surface area (Å²) in [6.45, 7) is 6.78. The zero-order valence-electron chi connectivity index (χ0n) is 19.4. The number of pyridine rings is 2. The molecule has 0 amide bonds. The minimum atomic E-state index is -0.382. The lowest BCUT2D eigenvalue weighted by Gasteiger charge is -2.38. The Hall–Kier alpha value is -3.98. The van der Waals surface area contributed by atoms with Crippen molar-refractivity contribution in [3.63, 3.8) is 0 Å². The van der Waals surface area contributed by atoms with Gasteiger partial charge in [0.05, 0.1) is 16.0 Å². The van der Waals surface area contributed by atoms with E-state index in [4.69, 9.17) is 14.5 Å². The van der Waals surface area contributed by atoms with Crippen LogP contribution < -0.4 is 14.4 Å². The van der Waals surface area contributed by atoms with Crippen molar-refractivity contribution in [3.8, 4) is 11.5 Å². The van der Waals surface area contributed by atoms with Crippen molar-refractivity contribution in [3.05, 3.63) is 70.4 Å². The summed E-state index contributed by atoms with van der Waals surface area (Å²) in [5.41, 5.74) is 2.74. The molecule has 35 heavy (non-hydrogen) atoms. The van der Waals surface area contributed by atoms with E-state index in [0.29, 0.717) is 6.61 Å². The quantitative estimate of drug-likeness (QED) is 0.326. The van der Waals surface area contributed by atoms with Gasteiger partial charge in [0.25, 0.3) is 5.69 Å². The first kappa shape index (κ1) is 21.5. The predicted molar refractivity (Wildman–Crippen MR) is 133 cm³/mol. The normalized spacial score (nSPS) is 18.2. The number of hydrogen-bond donors (Lipinski definition) is 0. The van der Waals surface area contributed by atoms with E-state index in [2.05, 4.69) is 20.9 Å². The molecule has 0 saturated carbocycles. The maximum absolute atomic E-state index is 11.0. The monoisotopic (exact) mass is 471 g/mol. The number of piperazine rings is 1. The Bertz CT molecular complexity index is 1430. The highest BCUT2D eigenvalue weighted by atomic mass is 16.6. The van der Waals surface area contributed by atoms with Crippen LogP contribution in [0.1, 0.15) is 5.69 Å². The van der Waals surface area contributed by atoms with Gasteiger partial charge in [-0.15, -0.1) is 0 Å². The van der Waals surface area contributed by atoms with Gasteiger partial charge >= 0.3 is 0 Å². The highest BCUT2D eigenvalue weighted by Gasteiger charge is 2.27. The molecule has 1 atom stereocenters. The Balaban J connectivity index is 1.10. The molecule has 2 aliphatic rings. The molecule has 6 rings (SSSR count). The lowest BCUT2D eigenvalue weighted by atomic mass is 10.1. The van der Waals surface area contributed by atoms with Crippen LogP contribution in [-0.2, 0) is 0 Å². The molecule has 1 fully saturated rings. The molecule has 0 bridgehead atoms. The summed E-state index contributed by atoms with van der Waals surface area (Å²) < 4.78 is 12.4. The van der Waals surface area contributed by atoms with E-state index in [9.17, 15) is 10.1 Å². The van der Waals surface area contributed by atoms with Crippen LogP contribution >= 0.6 is 0 Å². The zero-order chi connectivity index (χ0) is 23.9. The molecule has 0 spiro atoms. The fraction of sp³-hybridized carbons (Fsp3) is 0.308. The maximum atomic E-state index is 11.0. The lowest BCUT2D eigenvalue weighted by molar-refractivity contribution is -0.384. The maximum Gasteiger partial charge on any atom is 0.270 e. The fourth-order valence-corrected chi connectivity index (χ4v) is 4.81. The Morgan fingerprint density at radius 2 is 1.83 bits per heavy atom. The van der Waals surface area contributed by atoms with Crippen LogP contribution in [0.5, 0.6) is 11.5 Å². The van der Waals surface area contributed by atoms with E-state index in [-0.39, 0.29) is 16.7 Å². The molecular weight excluding hydrogens is 446 g/mol. The predicted octanol–water partition coefficient (Wildman–Crippen LogP) is 3.96. The third kappa shape index (κ3) is 4.19. The number of hydrogen-bond acceptors (Lipinski definition) is 8. The number of anilines is 1. The van der Waals surface area contributed by atoms with Crippen LogP contribution in [0.3, 0.4) is 0 Å². The topological polar surface area (TPSA) is 93.9 Å². The molecule has 9 nitrogen and oxygen atoms in total. The van der Waals surface area contributed by atoms with Gasteiger partial charge in [0.1, 0.15) is 18.5 Å². The van der Waals surface area contributed by atoms with Crippen LogP contribution in [0.4, 0.5) is 11.5 Å². The van der Waals surface area contributed by atoms with Gasteiger partial charge in [-0.3, -0.25) is 20.0 Å². The summed E-state index contributed by atoms with van der Waals surface area (Å²) in [6, 6.07) is 16.6. The van der Waals surface area contributed by atoms with Crippen LogP contribution in [-0.4, -0.2) is 65.2 Å². The molecule has 4 heterocycles. The van der Waals surface area contributed by atoms with Crippen molar-refractivity contribution in [1.82, 2.24) is 14.9 Å². The van der Waals surface area contributed by atoms with Gasteiger partial charge in [-0.05, 0) is 49.4 Å². The number of nitro groups is 1. The first-order chi connectivity index (χ1) is 17.0. The lowest BCUT2D eigenvalue weighted by Crippen LogP contribution is -2.50. The minimum Gasteiger partial charge on any atom is -0.486 e. The number of nitro benzene ring substituents is 1. The van der Waals surface area contributed by atoms with Crippen molar-refractivity contribution in [2.45, 2.75) is 13.0 Å². The second kappa shape index (κ2) is 8.66. The highest BCUT2D eigenvalue weighted by molar-refractivity contribution is 5.88. The summed E-state index contributed by atoms with van der Waals surface area (Å²) in [4.78, 5) is 24.6. The summed E-state index contributed by atoms with van der Waals surface area (Å²) in [5.74, 6) is 2.45. The third-order valence-corrected chi connectivity index (χ3v) is 6.66. The summed E-state index contributed by atoms with van der Waals surface area (Å²) in [5, 5.41) is 12.8. The van der Waals surface area contributed by atoms with Gasteiger partial charge in [-0.25, -0.2) is 4.98 Å². The van der Waals surface area contributed by atoms with Crippen molar-refractivity contribution < 1.29 is 14.4 Å². The fourth-order valence-electron chi connectivity index (χ4n) is 4.81. The average molecular weight is 472 g/mol. The number of nitrogens with zero attached hydrogens (tertiary/aromatic N) is 5. The van der Waals surface area contributed by atoms with E-state index in [1.807, 2.05) is 37.3 Å². The van der Waals surface area contributed by atoms with E-state index in [0.717, 1.165) is 77.5 Å².